The maximum Gasteiger partial charge on any atom is 0.326 e. The van der Waals surface area contributed by atoms with Crippen molar-refractivity contribution in [1.29, 1.82) is 0 Å². The Labute approximate surface area is 353 Å². The van der Waals surface area contributed by atoms with Crippen molar-refractivity contribution in [2.45, 2.75) is 134 Å². The van der Waals surface area contributed by atoms with Crippen LogP contribution in [0.2, 0.25) is 0 Å². The van der Waals surface area contributed by atoms with E-state index in [1.165, 1.54) is 0 Å². The third kappa shape index (κ3) is 23.3. The molecule has 0 radical (unpaired) electrons. The zero-order valence-electron chi connectivity index (χ0n) is 35.1. The Bertz CT molecular complexity index is 1570. The van der Waals surface area contributed by atoms with Gasteiger partial charge in [-0.2, -0.15) is 0 Å². The number of carbonyl (C=O) groups excluding carboxylic acids is 8. The molecule has 7 atom stereocenters. The topological polar surface area (TPSA) is 452 Å². The maximum atomic E-state index is 13.8. The number of primary amides is 2. The van der Waals surface area contributed by atoms with E-state index >= 15 is 0 Å². The number of unbranched alkanes of at least 4 members (excludes halogenated alkanes) is 1. The minimum atomic E-state index is -1.83. The molecule has 346 valence electrons. The van der Waals surface area contributed by atoms with Gasteiger partial charge in [0, 0.05) is 13.0 Å². The molecule has 0 aromatic heterocycles. The van der Waals surface area contributed by atoms with Gasteiger partial charge < -0.3 is 76.5 Å². The number of rotatable bonds is 31. The summed E-state index contributed by atoms with van der Waals surface area (Å²) in [5.41, 5.74) is 32.7. The number of amides is 8. The molecule has 0 saturated heterocycles. The van der Waals surface area contributed by atoms with Crippen LogP contribution in [0.15, 0.2) is 4.99 Å². The summed E-state index contributed by atoms with van der Waals surface area (Å²) in [7, 11) is 0. The second-order valence-corrected chi connectivity index (χ2v) is 15.1. The van der Waals surface area contributed by atoms with Crippen LogP contribution in [-0.2, 0) is 47.9 Å². The lowest BCUT2D eigenvalue weighted by atomic mass is 10.0. The van der Waals surface area contributed by atoms with Crippen LogP contribution >= 0.6 is 0 Å². The molecule has 0 aromatic carbocycles. The van der Waals surface area contributed by atoms with Crippen molar-refractivity contribution >= 4 is 65.2 Å². The van der Waals surface area contributed by atoms with E-state index in [2.05, 4.69) is 36.9 Å². The first-order chi connectivity index (χ1) is 28.4. The highest BCUT2D eigenvalue weighted by Crippen LogP contribution is 2.11. The molecule has 20 N–H and O–H groups in total. The van der Waals surface area contributed by atoms with Crippen molar-refractivity contribution in [3.05, 3.63) is 0 Å². The summed E-state index contributed by atoms with van der Waals surface area (Å²) in [6.07, 6.45) is -1.89. The molecule has 0 aromatic rings. The van der Waals surface area contributed by atoms with E-state index in [1.54, 1.807) is 27.7 Å². The van der Waals surface area contributed by atoms with E-state index < -0.39 is 127 Å². The lowest BCUT2D eigenvalue weighted by molar-refractivity contribution is -0.144. The van der Waals surface area contributed by atoms with Crippen molar-refractivity contribution in [2.24, 2.45) is 51.2 Å². The van der Waals surface area contributed by atoms with Gasteiger partial charge in [-0.3, -0.25) is 48.1 Å². The standard InChI is InChI=1S/C36H65N13O12/c1-17(2)14-22(32(57)45-21(10-11-25(38)50)31(56)49-24(35(60)61)15-26(39)51)47-33(58)23(16-27(52)53)48-30(55)19(8-5-6-12-37)44-29(54)20(9-7-13-43-36(41)42)46-34(59)28(40)18(3)4/h17-24,28H,5-16,37,40H2,1-4H3,(H2,38,50)(H2,39,51)(H,44,54)(H,45,57)(H,46,59)(H,47,58)(H,48,55)(H,49,56)(H,52,53)(H,60,61)(H4,41,42,43)/t19-,20-,21-,22-,23-,24-,28-/m0/s1. The van der Waals surface area contributed by atoms with Crippen LogP contribution in [0.1, 0.15) is 91.9 Å². The van der Waals surface area contributed by atoms with Gasteiger partial charge >= 0.3 is 11.9 Å². The molecule has 8 amide bonds. The SMILES string of the molecule is CC(C)C[C@H](NC(=O)[C@H](CC(=O)O)NC(=O)[C@H](CCCCN)NC(=O)[C@H](CCCN=C(N)N)NC(=O)[C@@H](N)C(C)C)C(=O)N[C@@H](CCC(N)=O)C(=O)N[C@@H](CC(N)=O)C(=O)O. The maximum absolute atomic E-state index is 13.8. The Hall–Kier alpha value is -6.11. The summed E-state index contributed by atoms with van der Waals surface area (Å²) in [6, 6.07) is -10.3. The smallest absolute Gasteiger partial charge is 0.326 e. The Morgan fingerprint density at radius 1 is 0.541 bits per heavy atom. The number of nitrogens with zero attached hydrogens (tertiary/aromatic N) is 1. The summed E-state index contributed by atoms with van der Waals surface area (Å²) < 4.78 is 0. The largest absolute Gasteiger partial charge is 0.481 e. The van der Waals surface area contributed by atoms with E-state index in [0.717, 1.165) is 0 Å². The molecular formula is C36H65N13O12. The van der Waals surface area contributed by atoms with Gasteiger partial charge in [0.1, 0.15) is 36.3 Å². The molecule has 0 aliphatic carbocycles. The van der Waals surface area contributed by atoms with Gasteiger partial charge in [-0.15, -0.1) is 0 Å². The fourth-order valence-electron chi connectivity index (χ4n) is 5.51. The molecule has 0 rings (SSSR count). The van der Waals surface area contributed by atoms with Crippen LogP contribution in [0.25, 0.3) is 0 Å². The van der Waals surface area contributed by atoms with E-state index in [-0.39, 0.29) is 56.6 Å². The highest BCUT2D eigenvalue weighted by Gasteiger charge is 2.35. The molecule has 0 aliphatic rings. The average Bonchev–Trinajstić information content (AvgIpc) is 3.14. The number of aliphatic carboxylic acids is 2. The van der Waals surface area contributed by atoms with Gasteiger partial charge in [-0.05, 0) is 63.3 Å². The number of carboxylic acid groups (broad SMARTS) is 2. The first-order valence-corrected chi connectivity index (χ1v) is 19.7. The highest BCUT2D eigenvalue weighted by atomic mass is 16.4. The quantitative estimate of drug-likeness (QED) is 0.0176. The summed E-state index contributed by atoms with van der Waals surface area (Å²) in [4.78, 5) is 131. The first kappa shape index (κ1) is 54.9. The Balaban J connectivity index is 6.54. The highest BCUT2D eigenvalue weighted by molar-refractivity contribution is 5.98. The molecule has 0 heterocycles. The summed E-state index contributed by atoms with van der Waals surface area (Å²) in [5, 5.41) is 33.4. The molecule has 25 nitrogen and oxygen atoms in total. The normalized spacial score (nSPS) is 14.4. The van der Waals surface area contributed by atoms with Crippen molar-refractivity contribution < 1.29 is 58.2 Å². The molecule has 25 heteroatoms. The minimum absolute atomic E-state index is 0.0121. The minimum Gasteiger partial charge on any atom is -0.481 e. The van der Waals surface area contributed by atoms with Gasteiger partial charge in [0.25, 0.3) is 0 Å². The van der Waals surface area contributed by atoms with Gasteiger partial charge in [0.15, 0.2) is 5.96 Å². The second-order valence-electron chi connectivity index (χ2n) is 15.1. The van der Waals surface area contributed by atoms with E-state index in [1.807, 2.05) is 0 Å². The van der Waals surface area contributed by atoms with Crippen molar-refractivity contribution in [3.63, 3.8) is 0 Å². The average molecular weight is 872 g/mol. The molecule has 0 bridgehead atoms. The number of guanidine groups is 1. The van der Waals surface area contributed by atoms with Crippen LogP contribution in [0.5, 0.6) is 0 Å². The molecule has 0 fully saturated rings. The molecular weight excluding hydrogens is 806 g/mol. The zero-order valence-corrected chi connectivity index (χ0v) is 35.1. The predicted molar refractivity (Wildman–Crippen MR) is 219 cm³/mol. The van der Waals surface area contributed by atoms with Gasteiger partial charge in [-0.25, -0.2) is 4.79 Å². The Morgan fingerprint density at radius 2 is 0.984 bits per heavy atom. The lowest BCUT2D eigenvalue weighted by Crippen LogP contribution is -2.60. The Morgan fingerprint density at radius 3 is 1.43 bits per heavy atom. The molecule has 61 heavy (non-hydrogen) atoms. The number of hydrogen-bond acceptors (Lipinski definition) is 13. The van der Waals surface area contributed by atoms with E-state index in [9.17, 15) is 58.2 Å². The lowest BCUT2D eigenvalue weighted by Gasteiger charge is -2.28. The zero-order chi connectivity index (χ0) is 47.0. The Kier molecular flexibility index (Phi) is 25.5. The summed E-state index contributed by atoms with van der Waals surface area (Å²) in [6.45, 7) is 7.07. The van der Waals surface area contributed by atoms with Crippen LogP contribution < -0.4 is 66.3 Å². The number of carbonyl (C=O) groups is 10. The van der Waals surface area contributed by atoms with Gasteiger partial charge in [0.2, 0.25) is 47.3 Å². The summed E-state index contributed by atoms with van der Waals surface area (Å²) in [5.74, 6) is -11.7. The fourth-order valence-corrected chi connectivity index (χ4v) is 5.51. The molecule has 0 spiro atoms. The molecule has 0 saturated carbocycles. The fraction of sp³-hybridized carbons (Fsp3) is 0.694. The van der Waals surface area contributed by atoms with Crippen LogP contribution in [0.4, 0.5) is 0 Å². The van der Waals surface area contributed by atoms with Crippen molar-refractivity contribution in [2.75, 3.05) is 13.1 Å². The third-order valence-electron chi connectivity index (χ3n) is 8.86. The number of nitrogens with one attached hydrogen (secondary N) is 6. The number of hydrogen-bond donors (Lipinski definition) is 14. The predicted octanol–water partition coefficient (Wildman–Crippen LogP) is -5.19. The van der Waals surface area contributed by atoms with Crippen LogP contribution in [-0.4, -0.2) is 131 Å². The van der Waals surface area contributed by atoms with Crippen molar-refractivity contribution in [1.82, 2.24) is 31.9 Å². The van der Waals surface area contributed by atoms with Crippen LogP contribution in [0, 0.1) is 11.8 Å². The van der Waals surface area contributed by atoms with Gasteiger partial charge in [0.05, 0.1) is 18.9 Å². The monoisotopic (exact) mass is 871 g/mol. The van der Waals surface area contributed by atoms with Crippen LogP contribution in [0.3, 0.4) is 0 Å². The number of carboxylic acids is 2. The summed E-state index contributed by atoms with van der Waals surface area (Å²) >= 11 is 0. The number of nitrogens with two attached hydrogens (primary N) is 6. The third-order valence-corrected chi connectivity index (χ3v) is 8.86. The number of aliphatic imine (C=N–C) groups is 1. The second kappa shape index (κ2) is 28.4. The molecule has 0 unspecified atom stereocenters. The van der Waals surface area contributed by atoms with E-state index in [0.29, 0.717) is 12.8 Å². The first-order valence-electron chi connectivity index (χ1n) is 19.7. The van der Waals surface area contributed by atoms with Gasteiger partial charge in [-0.1, -0.05) is 27.7 Å². The molecule has 0 aliphatic heterocycles. The van der Waals surface area contributed by atoms with Crippen molar-refractivity contribution in [3.8, 4) is 0 Å². The van der Waals surface area contributed by atoms with E-state index in [4.69, 9.17) is 34.4 Å².